The van der Waals surface area contributed by atoms with E-state index in [0.29, 0.717) is 11.6 Å². The van der Waals surface area contributed by atoms with Gasteiger partial charge in [-0.3, -0.25) is 4.79 Å². The molecule has 7 heteroatoms. The van der Waals surface area contributed by atoms with Gasteiger partial charge in [-0.15, -0.1) is 24.8 Å². The first-order valence-electron chi connectivity index (χ1n) is 7.14. The number of carbonyl (C=O) groups is 1. The molecular formula is C15H26Cl3N3O. The van der Waals surface area contributed by atoms with E-state index in [2.05, 4.69) is 29.4 Å². The zero-order chi connectivity index (χ0) is 14.8. The Hall–Kier alpha value is -0.520. The zero-order valence-electron chi connectivity index (χ0n) is 13.1. The molecule has 0 bridgehead atoms. The fourth-order valence-electron chi connectivity index (χ4n) is 1.91. The molecule has 128 valence electrons. The molecule has 0 atom stereocenters. The van der Waals surface area contributed by atoms with Gasteiger partial charge in [0.15, 0.2) is 0 Å². The Morgan fingerprint density at radius 2 is 1.73 bits per heavy atom. The summed E-state index contributed by atoms with van der Waals surface area (Å²) in [6.45, 7) is 8.73. The summed E-state index contributed by atoms with van der Waals surface area (Å²) in [6, 6.07) is 7.10. The van der Waals surface area contributed by atoms with E-state index in [1.54, 1.807) is 24.3 Å². The molecule has 4 nitrogen and oxygen atoms in total. The van der Waals surface area contributed by atoms with Crippen LogP contribution in [0.25, 0.3) is 0 Å². The van der Waals surface area contributed by atoms with Gasteiger partial charge in [-0.2, -0.15) is 0 Å². The van der Waals surface area contributed by atoms with Crippen molar-refractivity contribution < 1.29 is 4.79 Å². The maximum atomic E-state index is 11.7. The summed E-state index contributed by atoms with van der Waals surface area (Å²) in [5, 5.41) is 6.64. The summed E-state index contributed by atoms with van der Waals surface area (Å²) >= 11 is 5.79. The number of hydrogen-bond acceptors (Lipinski definition) is 3. The summed E-state index contributed by atoms with van der Waals surface area (Å²) in [5.41, 5.74) is 0.768. The Balaban J connectivity index is 0. The molecular weight excluding hydrogens is 345 g/mol. The van der Waals surface area contributed by atoms with Gasteiger partial charge in [-0.05, 0) is 56.9 Å². The van der Waals surface area contributed by atoms with Crippen LogP contribution in [0.1, 0.15) is 20.3 Å². The van der Waals surface area contributed by atoms with Gasteiger partial charge >= 0.3 is 0 Å². The summed E-state index contributed by atoms with van der Waals surface area (Å²) in [6.07, 6.45) is 1.05. The van der Waals surface area contributed by atoms with Crippen LogP contribution >= 0.6 is 36.4 Å². The highest BCUT2D eigenvalue weighted by Crippen LogP contribution is 2.12. The van der Waals surface area contributed by atoms with E-state index in [0.717, 1.165) is 38.3 Å². The van der Waals surface area contributed by atoms with Gasteiger partial charge in [0.1, 0.15) is 0 Å². The molecule has 0 fully saturated rings. The third kappa shape index (κ3) is 10.2. The molecule has 0 radical (unpaired) electrons. The van der Waals surface area contributed by atoms with E-state index < -0.39 is 0 Å². The van der Waals surface area contributed by atoms with Crippen LogP contribution in [0.5, 0.6) is 0 Å². The second-order valence-corrected chi connectivity index (χ2v) is 5.05. The third-order valence-corrected chi connectivity index (χ3v) is 3.39. The molecule has 0 heterocycles. The zero-order valence-corrected chi connectivity index (χ0v) is 15.5. The van der Waals surface area contributed by atoms with Gasteiger partial charge < -0.3 is 15.5 Å². The molecule has 1 aromatic carbocycles. The SMILES string of the molecule is CCN(CC)CCCNCC(=O)Nc1ccc(Cl)cc1.Cl.Cl. The van der Waals surface area contributed by atoms with E-state index in [4.69, 9.17) is 11.6 Å². The Morgan fingerprint density at radius 3 is 2.27 bits per heavy atom. The summed E-state index contributed by atoms with van der Waals surface area (Å²) in [4.78, 5) is 14.1. The molecule has 1 amide bonds. The van der Waals surface area contributed by atoms with Crippen LogP contribution in [0, 0.1) is 0 Å². The van der Waals surface area contributed by atoms with Crippen molar-refractivity contribution in [3.63, 3.8) is 0 Å². The molecule has 22 heavy (non-hydrogen) atoms. The number of anilines is 1. The lowest BCUT2D eigenvalue weighted by atomic mass is 10.3. The monoisotopic (exact) mass is 369 g/mol. The van der Waals surface area contributed by atoms with Crippen molar-refractivity contribution in [2.75, 3.05) is 38.0 Å². The van der Waals surface area contributed by atoms with Crippen molar-refractivity contribution in [2.24, 2.45) is 0 Å². The minimum atomic E-state index is -0.0323. The lowest BCUT2D eigenvalue weighted by molar-refractivity contribution is -0.115. The molecule has 0 aromatic heterocycles. The molecule has 0 saturated carbocycles. The molecule has 1 rings (SSSR count). The number of rotatable bonds is 9. The van der Waals surface area contributed by atoms with Crippen LogP contribution in [0.15, 0.2) is 24.3 Å². The lowest BCUT2D eigenvalue weighted by Gasteiger charge is -2.17. The van der Waals surface area contributed by atoms with Crippen LogP contribution in [0.3, 0.4) is 0 Å². The number of nitrogens with one attached hydrogen (secondary N) is 2. The number of hydrogen-bond donors (Lipinski definition) is 2. The fraction of sp³-hybridized carbons (Fsp3) is 0.533. The maximum absolute atomic E-state index is 11.7. The van der Waals surface area contributed by atoms with Crippen molar-refractivity contribution in [1.29, 1.82) is 0 Å². The largest absolute Gasteiger partial charge is 0.325 e. The van der Waals surface area contributed by atoms with Crippen LogP contribution in [-0.4, -0.2) is 43.5 Å². The molecule has 0 spiro atoms. The second kappa shape index (κ2) is 14.1. The van der Waals surface area contributed by atoms with Crippen molar-refractivity contribution in [3.05, 3.63) is 29.3 Å². The van der Waals surface area contributed by atoms with Gasteiger partial charge in [-0.25, -0.2) is 0 Å². The number of amides is 1. The molecule has 0 saturated heterocycles. The Morgan fingerprint density at radius 1 is 1.14 bits per heavy atom. The second-order valence-electron chi connectivity index (χ2n) is 4.61. The number of nitrogens with zero attached hydrogens (tertiary/aromatic N) is 1. The van der Waals surface area contributed by atoms with Crippen LogP contribution < -0.4 is 10.6 Å². The normalized spacial score (nSPS) is 9.82. The highest BCUT2D eigenvalue weighted by Gasteiger charge is 2.02. The average molecular weight is 371 g/mol. The molecule has 0 aliphatic rings. The topological polar surface area (TPSA) is 44.4 Å². The van der Waals surface area contributed by atoms with Gasteiger partial charge in [0.05, 0.1) is 6.54 Å². The molecule has 2 N–H and O–H groups in total. The number of benzene rings is 1. The first-order valence-corrected chi connectivity index (χ1v) is 7.52. The lowest BCUT2D eigenvalue weighted by Crippen LogP contribution is -2.31. The first kappa shape index (κ1) is 23.7. The van der Waals surface area contributed by atoms with Crippen molar-refractivity contribution in [2.45, 2.75) is 20.3 Å². The molecule has 0 aliphatic carbocycles. The van der Waals surface area contributed by atoms with Crippen LogP contribution in [0.2, 0.25) is 5.02 Å². The summed E-state index contributed by atoms with van der Waals surface area (Å²) in [7, 11) is 0. The van der Waals surface area contributed by atoms with E-state index in [-0.39, 0.29) is 30.7 Å². The molecule has 0 aliphatic heterocycles. The maximum Gasteiger partial charge on any atom is 0.238 e. The van der Waals surface area contributed by atoms with E-state index in [1.807, 2.05) is 0 Å². The quantitative estimate of drug-likeness (QED) is 0.654. The number of halogens is 3. The average Bonchev–Trinajstić information content (AvgIpc) is 2.45. The summed E-state index contributed by atoms with van der Waals surface area (Å²) < 4.78 is 0. The van der Waals surface area contributed by atoms with Gasteiger partial charge in [0.2, 0.25) is 5.91 Å². The van der Waals surface area contributed by atoms with Crippen LogP contribution in [0.4, 0.5) is 5.69 Å². The predicted molar refractivity (Wildman–Crippen MR) is 99.9 cm³/mol. The Labute approximate surface area is 150 Å². The highest BCUT2D eigenvalue weighted by molar-refractivity contribution is 6.30. The van der Waals surface area contributed by atoms with Crippen molar-refractivity contribution in [3.8, 4) is 0 Å². The van der Waals surface area contributed by atoms with Crippen molar-refractivity contribution in [1.82, 2.24) is 10.2 Å². The smallest absolute Gasteiger partial charge is 0.238 e. The highest BCUT2D eigenvalue weighted by atomic mass is 35.5. The van der Waals surface area contributed by atoms with Crippen LogP contribution in [-0.2, 0) is 4.79 Å². The Kier molecular flexibility index (Phi) is 15.2. The molecule has 1 aromatic rings. The van der Waals surface area contributed by atoms with E-state index >= 15 is 0 Å². The van der Waals surface area contributed by atoms with Crippen molar-refractivity contribution >= 4 is 48.0 Å². The number of carbonyl (C=O) groups excluding carboxylic acids is 1. The minimum absolute atomic E-state index is 0. The molecule has 0 unspecified atom stereocenters. The summed E-state index contributed by atoms with van der Waals surface area (Å²) in [5.74, 6) is -0.0323. The van der Waals surface area contributed by atoms with E-state index in [1.165, 1.54) is 0 Å². The van der Waals surface area contributed by atoms with Gasteiger partial charge in [0.25, 0.3) is 0 Å². The minimum Gasteiger partial charge on any atom is -0.325 e. The van der Waals surface area contributed by atoms with Gasteiger partial charge in [-0.1, -0.05) is 25.4 Å². The standard InChI is InChI=1S/C15H24ClN3O.2ClH/c1-3-19(4-2)11-5-10-17-12-15(20)18-14-8-6-13(16)7-9-14;;/h6-9,17H,3-5,10-12H2,1-2H3,(H,18,20);2*1H. The van der Waals surface area contributed by atoms with E-state index in [9.17, 15) is 4.79 Å². The first-order chi connectivity index (χ1) is 9.65. The fourth-order valence-corrected chi connectivity index (χ4v) is 2.03. The van der Waals surface area contributed by atoms with Gasteiger partial charge in [0, 0.05) is 10.7 Å². The Bertz CT molecular complexity index is 398. The predicted octanol–water partition coefficient (Wildman–Crippen LogP) is 3.44. The third-order valence-electron chi connectivity index (χ3n) is 3.14.